The van der Waals surface area contributed by atoms with Gasteiger partial charge in [-0.25, -0.2) is 0 Å². The smallest absolute Gasteiger partial charge is 0.239 e. The standard InChI is InChI=1S/C14H28N4O3.HI/c1-3-6-16-13(19)10-18-14(15-2)17-7-4-8-21-12-5-9-20-11-12;/h12H,3-11H2,1-2H3,(H,16,19)(H2,15,17,18);1H. The Morgan fingerprint density at radius 1 is 1.32 bits per heavy atom. The molecule has 130 valence electrons. The lowest BCUT2D eigenvalue weighted by Crippen LogP contribution is -2.43. The summed E-state index contributed by atoms with van der Waals surface area (Å²) < 4.78 is 10.9. The summed E-state index contributed by atoms with van der Waals surface area (Å²) in [7, 11) is 1.69. The first-order valence-electron chi connectivity index (χ1n) is 7.66. The third-order valence-corrected chi connectivity index (χ3v) is 3.07. The van der Waals surface area contributed by atoms with Crippen LogP contribution in [-0.2, 0) is 14.3 Å². The summed E-state index contributed by atoms with van der Waals surface area (Å²) in [6, 6.07) is 0. The number of ether oxygens (including phenoxy) is 2. The van der Waals surface area contributed by atoms with Crippen LogP contribution in [0.15, 0.2) is 4.99 Å². The van der Waals surface area contributed by atoms with Crippen molar-refractivity contribution in [1.29, 1.82) is 0 Å². The van der Waals surface area contributed by atoms with Crippen LogP contribution < -0.4 is 16.0 Å². The predicted molar refractivity (Wildman–Crippen MR) is 97.9 cm³/mol. The second-order valence-corrected chi connectivity index (χ2v) is 4.91. The molecule has 0 spiro atoms. The second kappa shape index (κ2) is 14.0. The van der Waals surface area contributed by atoms with Crippen LogP contribution in [0.3, 0.4) is 0 Å². The van der Waals surface area contributed by atoms with Gasteiger partial charge in [-0.1, -0.05) is 6.92 Å². The maximum Gasteiger partial charge on any atom is 0.239 e. The third kappa shape index (κ3) is 10.2. The van der Waals surface area contributed by atoms with E-state index >= 15 is 0 Å². The molecule has 1 amide bonds. The highest BCUT2D eigenvalue weighted by atomic mass is 127. The summed E-state index contributed by atoms with van der Waals surface area (Å²) >= 11 is 0. The maximum atomic E-state index is 11.5. The van der Waals surface area contributed by atoms with Crippen LogP contribution in [0.2, 0.25) is 0 Å². The molecule has 22 heavy (non-hydrogen) atoms. The summed E-state index contributed by atoms with van der Waals surface area (Å²) in [5, 5.41) is 8.93. The zero-order valence-electron chi connectivity index (χ0n) is 13.5. The number of hydrogen-bond donors (Lipinski definition) is 3. The van der Waals surface area contributed by atoms with Gasteiger partial charge in [-0.05, 0) is 19.3 Å². The summed E-state index contributed by atoms with van der Waals surface area (Å²) in [5.41, 5.74) is 0. The molecular formula is C14H29IN4O3. The molecule has 1 unspecified atom stereocenters. The van der Waals surface area contributed by atoms with Crippen LogP contribution in [-0.4, -0.2) is 64.5 Å². The van der Waals surface area contributed by atoms with Crippen LogP contribution in [0.1, 0.15) is 26.2 Å². The van der Waals surface area contributed by atoms with E-state index in [1.807, 2.05) is 6.92 Å². The van der Waals surface area contributed by atoms with Gasteiger partial charge in [0.2, 0.25) is 5.91 Å². The third-order valence-electron chi connectivity index (χ3n) is 3.07. The molecule has 0 bridgehead atoms. The van der Waals surface area contributed by atoms with Gasteiger partial charge in [-0.3, -0.25) is 9.79 Å². The largest absolute Gasteiger partial charge is 0.379 e. The number of carbonyl (C=O) groups is 1. The Balaban J connectivity index is 0.00000441. The first-order valence-corrected chi connectivity index (χ1v) is 7.66. The Morgan fingerprint density at radius 2 is 2.14 bits per heavy atom. The van der Waals surface area contributed by atoms with E-state index < -0.39 is 0 Å². The minimum absolute atomic E-state index is 0. The molecule has 0 radical (unpaired) electrons. The van der Waals surface area contributed by atoms with Crippen molar-refractivity contribution in [3.05, 3.63) is 0 Å². The van der Waals surface area contributed by atoms with Crippen LogP contribution >= 0.6 is 24.0 Å². The van der Waals surface area contributed by atoms with Crippen molar-refractivity contribution in [3.8, 4) is 0 Å². The first kappa shape index (κ1) is 21.4. The molecule has 3 N–H and O–H groups in total. The number of amides is 1. The fourth-order valence-corrected chi connectivity index (χ4v) is 1.88. The van der Waals surface area contributed by atoms with Crippen molar-refractivity contribution in [2.75, 3.05) is 46.5 Å². The molecule has 7 nitrogen and oxygen atoms in total. The van der Waals surface area contributed by atoms with Gasteiger partial charge >= 0.3 is 0 Å². The average Bonchev–Trinajstić information content (AvgIpc) is 3.01. The second-order valence-electron chi connectivity index (χ2n) is 4.91. The maximum absolute atomic E-state index is 11.5. The van der Waals surface area contributed by atoms with Crippen LogP contribution in [0.25, 0.3) is 0 Å². The highest BCUT2D eigenvalue weighted by molar-refractivity contribution is 14.0. The number of rotatable bonds is 9. The minimum atomic E-state index is -0.0237. The van der Waals surface area contributed by atoms with E-state index in [0.717, 1.165) is 32.4 Å². The van der Waals surface area contributed by atoms with E-state index in [-0.39, 0.29) is 42.5 Å². The van der Waals surface area contributed by atoms with Crippen molar-refractivity contribution >= 4 is 35.8 Å². The van der Waals surface area contributed by atoms with Gasteiger partial charge in [0.15, 0.2) is 5.96 Å². The lowest BCUT2D eigenvalue weighted by molar-refractivity contribution is -0.120. The Hall–Kier alpha value is -0.610. The average molecular weight is 428 g/mol. The Kier molecular flexibility index (Phi) is 13.6. The number of guanidine groups is 1. The molecule has 0 aromatic carbocycles. The van der Waals surface area contributed by atoms with Crippen molar-refractivity contribution in [2.45, 2.75) is 32.3 Å². The zero-order valence-corrected chi connectivity index (χ0v) is 15.9. The van der Waals surface area contributed by atoms with Crippen molar-refractivity contribution in [3.63, 3.8) is 0 Å². The van der Waals surface area contributed by atoms with Crippen molar-refractivity contribution in [1.82, 2.24) is 16.0 Å². The Labute approximate surface area is 150 Å². The monoisotopic (exact) mass is 428 g/mol. The van der Waals surface area contributed by atoms with E-state index in [2.05, 4.69) is 20.9 Å². The summed E-state index contributed by atoms with van der Waals surface area (Å²) in [6.07, 6.45) is 3.07. The number of aliphatic imine (C=N–C) groups is 1. The molecule has 1 aliphatic heterocycles. The summed E-state index contributed by atoms with van der Waals surface area (Å²) in [6.45, 7) is 5.93. The molecule has 1 aliphatic rings. The molecule has 0 aliphatic carbocycles. The summed E-state index contributed by atoms with van der Waals surface area (Å²) in [5.74, 6) is 0.607. The van der Waals surface area contributed by atoms with Crippen LogP contribution in [0.4, 0.5) is 0 Å². The normalized spacial score (nSPS) is 17.7. The Morgan fingerprint density at radius 3 is 2.77 bits per heavy atom. The molecule has 8 heteroatoms. The molecule has 1 fully saturated rings. The Bertz CT molecular complexity index is 323. The highest BCUT2D eigenvalue weighted by Gasteiger charge is 2.15. The number of hydrogen-bond acceptors (Lipinski definition) is 4. The number of carbonyl (C=O) groups excluding carboxylic acids is 1. The SMILES string of the molecule is CCCNC(=O)CNC(=NC)NCCCOC1CCOC1.I. The fraction of sp³-hybridized carbons (Fsp3) is 0.857. The molecule has 1 atom stereocenters. The van der Waals surface area contributed by atoms with Crippen LogP contribution in [0.5, 0.6) is 0 Å². The molecule has 1 heterocycles. The molecular weight excluding hydrogens is 399 g/mol. The van der Waals surface area contributed by atoms with Gasteiger partial charge in [0.05, 0.1) is 19.3 Å². The van der Waals surface area contributed by atoms with Gasteiger partial charge in [0, 0.05) is 33.4 Å². The van der Waals surface area contributed by atoms with Crippen LogP contribution in [0, 0.1) is 0 Å². The minimum Gasteiger partial charge on any atom is -0.379 e. The van der Waals surface area contributed by atoms with Gasteiger partial charge < -0.3 is 25.4 Å². The first-order chi connectivity index (χ1) is 10.3. The molecule has 1 rings (SSSR count). The zero-order chi connectivity index (χ0) is 15.3. The summed E-state index contributed by atoms with van der Waals surface area (Å²) in [4.78, 5) is 15.5. The van der Waals surface area contributed by atoms with Gasteiger partial charge in [0.25, 0.3) is 0 Å². The van der Waals surface area contributed by atoms with E-state index in [1.165, 1.54) is 0 Å². The van der Waals surface area contributed by atoms with Gasteiger partial charge in [-0.2, -0.15) is 0 Å². The highest BCUT2D eigenvalue weighted by Crippen LogP contribution is 2.07. The number of nitrogens with one attached hydrogen (secondary N) is 3. The molecule has 0 aromatic heterocycles. The number of nitrogens with zero attached hydrogens (tertiary/aromatic N) is 1. The lowest BCUT2D eigenvalue weighted by Gasteiger charge is -2.13. The van der Waals surface area contributed by atoms with Crippen molar-refractivity contribution in [2.24, 2.45) is 4.99 Å². The quantitative estimate of drug-likeness (QED) is 0.216. The lowest BCUT2D eigenvalue weighted by atomic mass is 10.3. The van der Waals surface area contributed by atoms with E-state index in [9.17, 15) is 4.79 Å². The molecule has 0 aromatic rings. The van der Waals surface area contributed by atoms with E-state index in [0.29, 0.717) is 25.7 Å². The van der Waals surface area contributed by atoms with E-state index in [1.54, 1.807) is 7.05 Å². The van der Waals surface area contributed by atoms with E-state index in [4.69, 9.17) is 9.47 Å². The van der Waals surface area contributed by atoms with Crippen molar-refractivity contribution < 1.29 is 14.3 Å². The van der Waals surface area contributed by atoms with Gasteiger partial charge in [-0.15, -0.1) is 24.0 Å². The fourth-order valence-electron chi connectivity index (χ4n) is 1.88. The topological polar surface area (TPSA) is 84.0 Å². The molecule has 1 saturated heterocycles. The number of halogens is 1. The predicted octanol–water partition coefficient (Wildman–Crippen LogP) is 0.491. The van der Waals surface area contributed by atoms with Gasteiger partial charge in [0.1, 0.15) is 0 Å². The molecule has 0 saturated carbocycles.